The van der Waals surface area contributed by atoms with Crippen LogP contribution in [-0.2, 0) is 10.8 Å². The molecule has 0 saturated carbocycles. The van der Waals surface area contributed by atoms with Gasteiger partial charge in [-0.1, -0.05) is 6.92 Å². The lowest BCUT2D eigenvalue weighted by Gasteiger charge is -1.95. The predicted molar refractivity (Wildman–Crippen MR) is 43.4 cm³/mol. The van der Waals surface area contributed by atoms with E-state index in [9.17, 15) is 4.21 Å². The number of anilines is 1. The number of nitrogens with two attached hydrogens (primary N) is 1. The van der Waals surface area contributed by atoms with Gasteiger partial charge in [0.15, 0.2) is 0 Å². The molecule has 0 aromatic carbocycles. The van der Waals surface area contributed by atoms with Crippen molar-refractivity contribution in [1.82, 2.24) is 10.2 Å². The van der Waals surface area contributed by atoms with Gasteiger partial charge in [0.05, 0.1) is 10.8 Å². The van der Waals surface area contributed by atoms with Gasteiger partial charge in [-0.2, -0.15) is 0 Å². The normalized spacial score (nSPS) is 12.8. The van der Waals surface area contributed by atoms with Gasteiger partial charge in [0.1, 0.15) is 10.8 Å². The third-order valence-electron chi connectivity index (χ3n) is 1.16. The summed E-state index contributed by atoms with van der Waals surface area (Å²) in [6, 6.07) is 3.22. The van der Waals surface area contributed by atoms with E-state index in [0.29, 0.717) is 16.6 Å². The van der Waals surface area contributed by atoms with E-state index in [1.165, 1.54) is 0 Å². The molecule has 1 aromatic rings. The minimum absolute atomic E-state index is 0.349. The van der Waals surface area contributed by atoms with Crippen molar-refractivity contribution in [2.75, 3.05) is 11.5 Å². The van der Waals surface area contributed by atoms with E-state index in [1.807, 2.05) is 6.92 Å². The first-order chi connectivity index (χ1) is 5.24. The molecule has 0 spiro atoms. The predicted octanol–water partition coefficient (Wildman–Crippen LogP) is 0.186. The summed E-state index contributed by atoms with van der Waals surface area (Å²) in [5.41, 5.74) is 5.30. The molecule has 1 heterocycles. The van der Waals surface area contributed by atoms with E-state index in [-0.39, 0.29) is 0 Å². The minimum atomic E-state index is -1.03. The fraction of sp³-hybridized carbons (Fsp3) is 0.333. The molecule has 0 saturated heterocycles. The van der Waals surface area contributed by atoms with Crippen LogP contribution in [0.5, 0.6) is 0 Å². The molecule has 2 N–H and O–H groups in total. The maximum Gasteiger partial charge on any atom is 0.150 e. The van der Waals surface area contributed by atoms with Gasteiger partial charge in [0.25, 0.3) is 0 Å². The molecule has 11 heavy (non-hydrogen) atoms. The van der Waals surface area contributed by atoms with E-state index in [2.05, 4.69) is 10.2 Å². The zero-order valence-corrected chi connectivity index (χ0v) is 6.97. The Balaban J connectivity index is 2.90. The van der Waals surface area contributed by atoms with Gasteiger partial charge in [-0.3, -0.25) is 4.21 Å². The van der Waals surface area contributed by atoms with Gasteiger partial charge in [0.2, 0.25) is 0 Å². The zero-order valence-electron chi connectivity index (χ0n) is 6.15. The van der Waals surface area contributed by atoms with Gasteiger partial charge >= 0.3 is 0 Å². The van der Waals surface area contributed by atoms with Gasteiger partial charge in [-0.25, -0.2) is 0 Å². The average Bonchev–Trinajstić information content (AvgIpc) is 2.05. The molecule has 5 heteroatoms. The van der Waals surface area contributed by atoms with Crippen LogP contribution in [-0.4, -0.2) is 20.2 Å². The zero-order chi connectivity index (χ0) is 8.27. The van der Waals surface area contributed by atoms with E-state index in [1.54, 1.807) is 12.1 Å². The second kappa shape index (κ2) is 3.43. The summed E-state index contributed by atoms with van der Waals surface area (Å²) in [7, 11) is -1.03. The monoisotopic (exact) mass is 171 g/mol. The number of rotatable bonds is 2. The number of hydrogen-bond acceptors (Lipinski definition) is 4. The highest BCUT2D eigenvalue weighted by atomic mass is 32.2. The van der Waals surface area contributed by atoms with Crippen molar-refractivity contribution in [2.45, 2.75) is 11.9 Å². The topological polar surface area (TPSA) is 68.9 Å². The maximum atomic E-state index is 11.1. The van der Waals surface area contributed by atoms with E-state index < -0.39 is 10.8 Å². The molecule has 1 aromatic heterocycles. The van der Waals surface area contributed by atoms with Crippen LogP contribution in [0.15, 0.2) is 17.2 Å². The average molecular weight is 171 g/mol. The van der Waals surface area contributed by atoms with Crippen LogP contribution >= 0.6 is 0 Å². The van der Waals surface area contributed by atoms with Crippen molar-refractivity contribution in [2.24, 2.45) is 0 Å². The quantitative estimate of drug-likeness (QED) is 0.689. The Labute approximate surface area is 67.3 Å². The molecule has 0 amide bonds. The Morgan fingerprint density at radius 2 is 2.27 bits per heavy atom. The summed E-state index contributed by atoms with van der Waals surface area (Å²) in [4.78, 5) is 0. The summed E-state index contributed by atoms with van der Waals surface area (Å²) < 4.78 is 11.1. The fourth-order valence-electron chi connectivity index (χ4n) is 0.600. The Hall–Kier alpha value is -0.970. The lowest BCUT2D eigenvalue weighted by molar-refractivity contribution is 0.679. The Morgan fingerprint density at radius 1 is 1.55 bits per heavy atom. The van der Waals surface area contributed by atoms with Crippen molar-refractivity contribution < 1.29 is 4.21 Å². The summed E-state index contributed by atoms with van der Waals surface area (Å²) in [6.07, 6.45) is 0. The SMILES string of the molecule is CCS(=O)c1ccc(N)nn1. The lowest BCUT2D eigenvalue weighted by atomic mass is 10.5. The third-order valence-corrected chi connectivity index (χ3v) is 2.36. The van der Waals surface area contributed by atoms with Crippen LogP contribution < -0.4 is 5.73 Å². The van der Waals surface area contributed by atoms with Crippen LogP contribution in [0.4, 0.5) is 5.82 Å². The molecule has 0 aliphatic rings. The fourth-order valence-corrected chi connectivity index (χ4v) is 1.25. The van der Waals surface area contributed by atoms with Crippen molar-refractivity contribution in [1.29, 1.82) is 0 Å². The van der Waals surface area contributed by atoms with Gasteiger partial charge in [-0.15, -0.1) is 10.2 Å². The molecule has 0 bridgehead atoms. The van der Waals surface area contributed by atoms with E-state index in [0.717, 1.165) is 0 Å². The summed E-state index contributed by atoms with van der Waals surface area (Å²) >= 11 is 0. The van der Waals surface area contributed by atoms with Crippen LogP contribution in [0.1, 0.15) is 6.92 Å². The Morgan fingerprint density at radius 3 is 2.73 bits per heavy atom. The molecular formula is C6H9N3OS. The van der Waals surface area contributed by atoms with E-state index >= 15 is 0 Å². The molecule has 0 aliphatic heterocycles. The molecule has 60 valence electrons. The lowest BCUT2D eigenvalue weighted by Crippen LogP contribution is -2.00. The molecule has 1 unspecified atom stereocenters. The first kappa shape index (κ1) is 8.13. The molecule has 4 nitrogen and oxygen atoms in total. The van der Waals surface area contributed by atoms with E-state index in [4.69, 9.17) is 5.73 Å². The second-order valence-corrected chi connectivity index (χ2v) is 3.62. The highest BCUT2D eigenvalue weighted by Gasteiger charge is 2.01. The van der Waals surface area contributed by atoms with Crippen LogP contribution in [0.25, 0.3) is 0 Å². The van der Waals surface area contributed by atoms with Crippen LogP contribution in [0, 0.1) is 0 Å². The van der Waals surface area contributed by atoms with Crippen LogP contribution in [0.3, 0.4) is 0 Å². The molecule has 1 rings (SSSR count). The number of hydrogen-bond donors (Lipinski definition) is 1. The maximum absolute atomic E-state index is 11.1. The van der Waals surface area contributed by atoms with Crippen molar-refractivity contribution in [3.05, 3.63) is 12.1 Å². The third kappa shape index (κ3) is 1.98. The molecule has 0 fully saturated rings. The van der Waals surface area contributed by atoms with Gasteiger partial charge in [-0.05, 0) is 12.1 Å². The van der Waals surface area contributed by atoms with Crippen LogP contribution in [0.2, 0.25) is 0 Å². The summed E-state index contributed by atoms with van der Waals surface area (Å²) in [5.74, 6) is 0.903. The Kier molecular flexibility index (Phi) is 2.53. The van der Waals surface area contributed by atoms with Crippen molar-refractivity contribution in [3.8, 4) is 0 Å². The molecule has 0 radical (unpaired) electrons. The first-order valence-electron chi connectivity index (χ1n) is 3.21. The standard InChI is InChI=1S/C6H9N3OS/c1-2-11(10)6-4-3-5(7)8-9-6/h3-4H,2H2,1H3,(H2,7,8). The molecular weight excluding hydrogens is 162 g/mol. The summed E-state index contributed by atoms with van der Waals surface area (Å²) in [6.45, 7) is 1.83. The number of aromatic nitrogens is 2. The first-order valence-corrected chi connectivity index (χ1v) is 4.53. The second-order valence-electron chi connectivity index (χ2n) is 1.93. The largest absolute Gasteiger partial charge is 0.382 e. The molecule has 1 atom stereocenters. The highest BCUT2D eigenvalue weighted by Crippen LogP contribution is 2.02. The molecule has 0 aliphatic carbocycles. The number of nitrogen functional groups attached to an aromatic ring is 1. The smallest absolute Gasteiger partial charge is 0.150 e. The van der Waals surface area contributed by atoms with Gasteiger partial charge < -0.3 is 5.73 Å². The highest BCUT2D eigenvalue weighted by molar-refractivity contribution is 7.84. The minimum Gasteiger partial charge on any atom is -0.382 e. The van der Waals surface area contributed by atoms with Crippen molar-refractivity contribution in [3.63, 3.8) is 0 Å². The van der Waals surface area contributed by atoms with Gasteiger partial charge in [0, 0.05) is 5.75 Å². The summed E-state index contributed by atoms with van der Waals surface area (Å²) in [5, 5.41) is 7.74. The Bertz CT molecular complexity index is 259. The van der Waals surface area contributed by atoms with Crippen molar-refractivity contribution >= 4 is 16.6 Å². The number of nitrogens with zero attached hydrogens (tertiary/aromatic N) is 2.